The van der Waals surface area contributed by atoms with Gasteiger partial charge in [-0.2, -0.15) is 5.10 Å². The summed E-state index contributed by atoms with van der Waals surface area (Å²) in [4.78, 5) is 0. The Morgan fingerprint density at radius 2 is 2.12 bits per heavy atom. The van der Waals surface area contributed by atoms with E-state index in [1.165, 1.54) is 0 Å². The van der Waals surface area contributed by atoms with E-state index in [0.29, 0.717) is 5.76 Å². The van der Waals surface area contributed by atoms with E-state index in [0.717, 1.165) is 29.3 Å². The van der Waals surface area contributed by atoms with Crippen LogP contribution in [0, 0.1) is 13.8 Å². The van der Waals surface area contributed by atoms with Gasteiger partial charge in [0, 0.05) is 17.8 Å². The lowest BCUT2D eigenvalue weighted by Gasteiger charge is -1.96. The molecule has 0 fully saturated rings. The van der Waals surface area contributed by atoms with Crippen molar-refractivity contribution in [2.45, 2.75) is 33.9 Å². The molecule has 86 valence electrons. The lowest BCUT2D eigenvalue weighted by atomic mass is 10.2. The number of aliphatic hydroxyl groups is 1. The summed E-state index contributed by atoms with van der Waals surface area (Å²) >= 11 is 0. The standard InChI is InChI=1S/C12H16N2O2/c1-4-14-9(3)8(2)12(13-14)11-6-5-10(7-15)16-11/h5-6,15H,4,7H2,1-3H3. The third kappa shape index (κ3) is 1.65. The first-order chi connectivity index (χ1) is 7.67. The highest BCUT2D eigenvalue weighted by atomic mass is 16.4. The first-order valence-electron chi connectivity index (χ1n) is 5.41. The number of furan rings is 1. The van der Waals surface area contributed by atoms with Crippen molar-refractivity contribution in [1.82, 2.24) is 9.78 Å². The number of rotatable bonds is 3. The van der Waals surface area contributed by atoms with E-state index < -0.39 is 0 Å². The Kier molecular flexibility index (Phi) is 2.83. The molecular formula is C12H16N2O2. The molecule has 16 heavy (non-hydrogen) atoms. The molecule has 2 heterocycles. The second-order valence-corrected chi connectivity index (χ2v) is 3.80. The van der Waals surface area contributed by atoms with Crippen molar-refractivity contribution in [2.24, 2.45) is 0 Å². The van der Waals surface area contributed by atoms with Gasteiger partial charge in [-0.1, -0.05) is 0 Å². The molecule has 4 heteroatoms. The number of hydrogen-bond donors (Lipinski definition) is 1. The summed E-state index contributed by atoms with van der Waals surface area (Å²) in [5, 5.41) is 13.4. The lowest BCUT2D eigenvalue weighted by Crippen LogP contribution is -1.98. The van der Waals surface area contributed by atoms with Gasteiger partial charge in [0.05, 0.1) is 0 Å². The van der Waals surface area contributed by atoms with Crippen LogP contribution in [-0.4, -0.2) is 14.9 Å². The summed E-state index contributed by atoms with van der Waals surface area (Å²) in [6, 6.07) is 3.62. The molecule has 0 amide bonds. The van der Waals surface area contributed by atoms with Crippen molar-refractivity contribution >= 4 is 0 Å². The van der Waals surface area contributed by atoms with Crippen LogP contribution >= 0.6 is 0 Å². The van der Waals surface area contributed by atoms with E-state index >= 15 is 0 Å². The molecule has 0 aliphatic carbocycles. The highest BCUT2D eigenvalue weighted by molar-refractivity contribution is 5.58. The zero-order valence-electron chi connectivity index (χ0n) is 9.82. The molecule has 0 saturated carbocycles. The van der Waals surface area contributed by atoms with Crippen LogP contribution in [0.5, 0.6) is 0 Å². The van der Waals surface area contributed by atoms with Crippen molar-refractivity contribution in [1.29, 1.82) is 0 Å². The lowest BCUT2D eigenvalue weighted by molar-refractivity contribution is 0.248. The van der Waals surface area contributed by atoms with Gasteiger partial charge in [-0.05, 0) is 32.9 Å². The molecule has 0 spiro atoms. The minimum atomic E-state index is -0.0769. The van der Waals surface area contributed by atoms with Gasteiger partial charge in [0.25, 0.3) is 0 Å². The van der Waals surface area contributed by atoms with Gasteiger partial charge in [0.1, 0.15) is 18.1 Å². The molecule has 0 bridgehead atoms. The normalized spacial score (nSPS) is 11.0. The second-order valence-electron chi connectivity index (χ2n) is 3.80. The summed E-state index contributed by atoms with van der Waals surface area (Å²) in [6.45, 7) is 6.91. The van der Waals surface area contributed by atoms with Crippen molar-refractivity contribution in [3.8, 4) is 11.5 Å². The molecule has 0 radical (unpaired) electrons. The molecule has 0 aromatic carbocycles. The predicted octanol–water partition coefficient (Wildman–Crippen LogP) is 2.27. The Morgan fingerprint density at radius 1 is 1.38 bits per heavy atom. The zero-order chi connectivity index (χ0) is 11.7. The molecular weight excluding hydrogens is 204 g/mol. The minimum Gasteiger partial charge on any atom is -0.457 e. The van der Waals surface area contributed by atoms with Gasteiger partial charge in [0.2, 0.25) is 0 Å². The second kappa shape index (κ2) is 4.14. The van der Waals surface area contributed by atoms with Gasteiger partial charge in [-0.3, -0.25) is 4.68 Å². The van der Waals surface area contributed by atoms with Crippen LogP contribution in [0.4, 0.5) is 0 Å². The Morgan fingerprint density at radius 3 is 2.62 bits per heavy atom. The van der Waals surface area contributed by atoms with Crippen LogP contribution in [0.2, 0.25) is 0 Å². The number of aromatic nitrogens is 2. The van der Waals surface area contributed by atoms with Crippen LogP contribution in [0.15, 0.2) is 16.5 Å². The largest absolute Gasteiger partial charge is 0.457 e. The van der Waals surface area contributed by atoms with Gasteiger partial charge >= 0.3 is 0 Å². The van der Waals surface area contributed by atoms with Crippen LogP contribution in [0.3, 0.4) is 0 Å². The van der Waals surface area contributed by atoms with Crippen molar-refractivity contribution in [3.63, 3.8) is 0 Å². The molecule has 2 aromatic rings. The van der Waals surface area contributed by atoms with Crippen LogP contribution < -0.4 is 0 Å². The summed E-state index contributed by atoms with van der Waals surface area (Å²) in [7, 11) is 0. The maximum absolute atomic E-state index is 8.95. The molecule has 0 aliphatic heterocycles. The molecule has 0 aliphatic rings. The highest BCUT2D eigenvalue weighted by Crippen LogP contribution is 2.26. The monoisotopic (exact) mass is 220 g/mol. The number of aryl methyl sites for hydroxylation is 1. The summed E-state index contributed by atoms with van der Waals surface area (Å²) in [5.74, 6) is 1.29. The van der Waals surface area contributed by atoms with Crippen molar-refractivity contribution in [2.75, 3.05) is 0 Å². The Bertz CT molecular complexity index is 497. The number of hydrogen-bond acceptors (Lipinski definition) is 3. The fourth-order valence-corrected chi connectivity index (χ4v) is 1.77. The Labute approximate surface area is 94.5 Å². The fraction of sp³-hybridized carbons (Fsp3) is 0.417. The first-order valence-corrected chi connectivity index (χ1v) is 5.41. The van der Waals surface area contributed by atoms with Crippen molar-refractivity contribution in [3.05, 3.63) is 29.2 Å². The average molecular weight is 220 g/mol. The van der Waals surface area contributed by atoms with E-state index in [9.17, 15) is 0 Å². The SMILES string of the molecule is CCn1nc(-c2ccc(CO)o2)c(C)c1C. The topological polar surface area (TPSA) is 51.2 Å². The van der Waals surface area contributed by atoms with E-state index in [1.54, 1.807) is 6.07 Å². The first kappa shape index (κ1) is 11.0. The van der Waals surface area contributed by atoms with Gasteiger partial charge in [0.15, 0.2) is 5.76 Å². The van der Waals surface area contributed by atoms with Crippen molar-refractivity contribution < 1.29 is 9.52 Å². The molecule has 0 saturated heterocycles. The average Bonchev–Trinajstić information content (AvgIpc) is 2.86. The molecule has 2 aromatic heterocycles. The smallest absolute Gasteiger partial charge is 0.154 e. The fourth-order valence-electron chi connectivity index (χ4n) is 1.77. The molecule has 1 N–H and O–H groups in total. The quantitative estimate of drug-likeness (QED) is 0.863. The molecule has 4 nitrogen and oxygen atoms in total. The number of nitrogens with zero attached hydrogens (tertiary/aromatic N) is 2. The van der Waals surface area contributed by atoms with Gasteiger partial charge in [-0.15, -0.1) is 0 Å². The molecule has 0 atom stereocenters. The molecule has 2 rings (SSSR count). The van der Waals surface area contributed by atoms with Crippen LogP contribution in [0.1, 0.15) is 23.9 Å². The van der Waals surface area contributed by atoms with E-state index in [-0.39, 0.29) is 6.61 Å². The van der Waals surface area contributed by atoms with E-state index in [2.05, 4.69) is 12.0 Å². The zero-order valence-corrected chi connectivity index (χ0v) is 9.82. The minimum absolute atomic E-state index is 0.0769. The summed E-state index contributed by atoms with van der Waals surface area (Å²) in [6.07, 6.45) is 0. The third-order valence-corrected chi connectivity index (χ3v) is 2.86. The predicted molar refractivity (Wildman–Crippen MR) is 61.0 cm³/mol. The summed E-state index contributed by atoms with van der Waals surface area (Å²) in [5.41, 5.74) is 3.14. The van der Waals surface area contributed by atoms with Gasteiger partial charge in [-0.25, -0.2) is 0 Å². The number of aliphatic hydroxyl groups excluding tert-OH is 1. The Balaban J connectivity index is 2.47. The van der Waals surface area contributed by atoms with Crippen LogP contribution in [0.25, 0.3) is 11.5 Å². The maximum Gasteiger partial charge on any atom is 0.154 e. The summed E-state index contributed by atoms with van der Waals surface area (Å²) < 4.78 is 7.44. The van der Waals surface area contributed by atoms with E-state index in [1.807, 2.05) is 24.6 Å². The molecule has 0 unspecified atom stereocenters. The van der Waals surface area contributed by atoms with Gasteiger partial charge < -0.3 is 9.52 Å². The van der Waals surface area contributed by atoms with E-state index in [4.69, 9.17) is 9.52 Å². The Hall–Kier alpha value is -1.55. The highest BCUT2D eigenvalue weighted by Gasteiger charge is 2.14. The maximum atomic E-state index is 8.95. The third-order valence-electron chi connectivity index (χ3n) is 2.86. The van der Waals surface area contributed by atoms with Crippen LogP contribution in [-0.2, 0) is 13.2 Å².